The molecule has 1 aliphatic carbocycles. The second kappa shape index (κ2) is 99.3. The summed E-state index contributed by atoms with van der Waals surface area (Å²) in [7, 11) is 6.57. The van der Waals surface area contributed by atoms with Crippen molar-refractivity contribution in [3.05, 3.63) is 152 Å². The maximum absolute atomic E-state index is 7.50. The zero-order valence-corrected chi connectivity index (χ0v) is 34.5. The summed E-state index contributed by atoms with van der Waals surface area (Å²) >= 11 is 0. The molecule has 0 saturated carbocycles. The van der Waals surface area contributed by atoms with Crippen molar-refractivity contribution in [1.29, 1.82) is 0 Å². The number of hydrogen-bond donors (Lipinski definition) is 0. The fourth-order valence-electron chi connectivity index (χ4n) is 3.60. The van der Waals surface area contributed by atoms with E-state index in [1.807, 2.05) is 36.4 Å². The fourth-order valence-corrected chi connectivity index (χ4v) is 3.60. The molecule has 20 heteroatoms. The smallest absolute Gasteiger partial charge is 0 e. The molecule has 0 saturated heterocycles. The van der Waals surface area contributed by atoms with Crippen LogP contribution in [0.15, 0.2) is 36.4 Å². The first kappa shape index (κ1) is 94.8. The van der Waals surface area contributed by atoms with Gasteiger partial charge in [0.15, 0.2) is 23.0 Å². The summed E-state index contributed by atoms with van der Waals surface area (Å²) in [6.45, 7) is 54.0. The Bertz CT molecular complexity index is 1250. The molecule has 0 N–H and O–H groups in total. The van der Waals surface area contributed by atoms with Gasteiger partial charge >= 0.3 is 136 Å². The molecular formula is C38H28Co4O16. The number of methoxy groups -OCH3 is 4. The average molecular weight is 976 g/mol. The molecule has 8 radical (unpaired) electrons. The molecule has 0 fully saturated rings. The van der Waals surface area contributed by atoms with Crippen LogP contribution in [-0.2, 0) is 123 Å². The first-order valence-electron chi connectivity index (χ1n) is 12.6. The maximum Gasteiger partial charge on any atom is 0 e. The molecule has 2 aromatic rings. The Balaban J connectivity index is -0.0000000498. The normalized spacial score (nSPS) is 10.3. The van der Waals surface area contributed by atoms with E-state index in [4.69, 9.17) is 74.8 Å². The van der Waals surface area contributed by atoms with E-state index in [1.54, 1.807) is 28.4 Å². The van der Waals surface area contributed by atoms with Crippen LogP contribution < -0.4 is 18.9 Å². The minimum Gasteiger partial charge on any atom is 0 e. The Morgan fingerprint density at radius 1 is 0.379 bits per heavy atom. The van der Waals surface area contributed by atoms with E-state index in [0.717, 1.165) is 36.8 Å². The SMILES string of the molecule is COc1ccc([C@H]2[C]=[C]CCCC[C]=[C][C@H]2c2ccc(OC)c(OC)c2)cc1OC.[C-]#[O+].[C-]#[O+].[C-]#[O+].[C-]#[O+].[C-]#[O+].[C-]#[O+].[C-]#[O+].[C-]#[O+].[C-]#[O+].[C-]#[O+].[C-]#[O+].[C-]#[O+].[Co].[Co].[Co].[Co]. The van der Waals surface area contributed by atoms with Crippen molar-refractivity contribution >= 4 is 0 Å². The summed E-state index contributed by atoms with van der Waals surface area (Å²) < 4.78 is 112. The van der Waals surface area contributed by atoms with Gasteiger partial charge in [0.05, 0.1) is 28.4 Å². The van der Waals surface area contributed by atoms with E-state index in [9.17, 15) is 0 Å². The first-order chi connectivity index (χ1) is 26.7. The number of rotatable bonds is 6. The molecule has 2 atom stereocenters. The Hall–Kier alpha value is -3.97. The van der Waals surface area contributed by atoms with Gasteiger partial charge in [-0.1, -0.05) is 12.1 Å². The summed E-state index contributed by atoms with van der Waals surface area (Å²) in [6, 6.07) is 11.9. The predicted molar refractivity (Wildman–Crippen MR) is 163 cm³/mol. The van der Waals surface area contributed by atoms with Crippen LogP contribution in [-0.4, -0.2) is 28.4 Å². The minimum atomic E-state index is -0.103. The second-order valence-corrected chi connectivity index (χ2v) is 7.03. The third-order valence-corrected chi connectivity index (χ3v) is 5.24. The fraction of sp³-hybridized carbons (Fsp3) is 0.263. The van der Waals surface area contributed by atoms with E-state index in [1.165, 1.54) is 0 Å². The summed E-state index contributed by atoms with van der Waals surface area (Å²) in [5.74, 6) is 2.56. The van der Waals surface area contributed by atoms with Gasteiger partial charge < -0.3 is 18.9 Å². The predicted octanol–water partition coefficient (Wildman–Crippen LogP) is 5.03. The molecule has 312 valence electrons. The van der Waals surface area contributed by atoms with Crippen LogP contribution in [0.2, 0.25) is 0 Å². The van der Waals surface area contributed by atoms with Crippen LogP contribution in [0.4, 0.5) is 0 Å². The Morgan fingerprint density at radius 2 is 0.586 bits per heavy atom. The molecule has 3 rings (SSSR count). The quantitative estimate of drug-likeness (QED) is 0.285. The first-order valence-corrected chi connectivity index (χ1v) is 12.6. The van der Waals surface area contributed by atoms with Crippen molar-refractivity contribution < 1.29 is 142 Å². The van der Waals surface area contributed by atoms with E-state index < -0.39 is 0 Å². The van der Waals surface area contributed by atoms with Crippen molar-refractivity contribution in [3.8, 4) is 23.0 Å². The average Bonchev–Trinajstić information content (AvgIpc) is 3.32. The number of ether oxygens (including phenoxy) is 4. The number of benzene rings is 2. The van der Waals surface area contributed by atoms with Gasteiger partial charge in [0, 0.05) is 79.0 Å². The van der Waals surface area contributed by atoms with E-state index in [-0.39, 0.29) is 79.0 Å². The largest absolute Gasteiger partial charge is 0 e. The van der Waals surface area contributed by atoms with Gasteiger partial charge in [-0.25, -0.2) is 0 Å². The number of allylic oxidation sites excluding steroid dienone is 4. The summed E-state index contributed by atoms with van der Waals surface area (Å²) in [5, 5.41) is 0. The molecule has 0 aliphatic heterocycles. The van der Waals surface area contributed by atoms with Gasteiger partial charge in [0.25, 0.3) is 0 Å². The molecule has 0 amide bonds. The summed E-state index contributed by atoms with van der Waals surface area (Å²) in [4.78, 5) is 0. The van der Waals surface area contributed by atoms with Gasteiger partial charge in [-0.3, -0.25) is 0 Å². The second-order valence-electron chi connectivity index (χ2n) is 7.03. The van der Waals surface area contributed by atoms with Crippen LogP contribution in [0.5, 0.6) is 23.0 Å². The van der Waals surface area contributed by atoms with E-state index in [2.05, 4.69) is 104 Å². The Morgan fingerprint density at radius 3 is 0.776 bits per heavy atom. The molecule has 0 spiro atoms. The molecule has 0 aromatic heterocycles. The third kappa shape index (κ3) is 48.2. The van der Waals surface area contributed by atoms with Crippen LogP contribution >= 0.6 is 0 Å². The molecule has 0 unspecified atom stereocenters. The molecule has 58 heavy (non-hydrogen) atoms. The van der Waals surface area contributed by atoms with Gasteiger partial charge in [-0.05, 0) is 85.4 Å². The van der Waals surface area contributed by atoms with Gasteiger partial charge in [-0.2, -0.15) is 0 Å². The summed E-state index contributed by atoms with van der Waals surface area (Å²) in [5.41, 5.74) is 2.10. The standard InChI is InChI=1S/C26H28O4.12CO.4Co/c1-27-23-15-13-19(17-25(23)29-3)21-11-9-7-5-6-8-10-12-22(21)20-14-16-24(28-2)26(18-20)30-4;12*1-2;;;;/h13-18,21-22H,5-8H2,1-4H3;;;;;;;;;;;;;;;;/t21-,22+;;;;;;;;;;;;;;;;. The van der Waals surface area contributed by atoms with Crippen LogP contribution in [0.25, 0.3) is 0 Å². The zero-order valence-electron chi connectivity index (χ0n) is 30.3. The molecule has 16 nitrogen and oxygen atoms in total. The molecule has 2 aromatic carbocycles. The van der Waals surface area contributed by atoms with E-state index >= 15 is 0 Å². The zero-order chi connectivity index (χ0) is 45.3. The molecule has 0 heterocycles. The van der Waals surface area contributed by atoms with Crippen molar-refractivity contribution in [2.24, 2.45) is 0 Å². The Labute approximate surface area is 380 Å². The van der Waals surface area contributed by atoms with Crippen molar-refractivity contribution in [1.82, 2.24) is 0 Å². The molecular weight excluding hydrogens is 948 g/mol. The van der Waals surface area contributed by atoms with Crippen LogP contribution in [0, 0.1) is 104 Å². The van der Waals surface area contributed by atoms with Gasteiger partial charge in [0.1, 0.15) is 0 Å². The molecule has 1 aliphatic rings. The third-order valence-electron chi connectivity index (χ3n) is 5.24. The van der Waals surface area contributed by atoms with Crippen molar-refractivity contribution in [3.63, 3.8) is 0 Å². The van der Waals surface area contributed by atoms with Gasteiger partial charge in [0.2, 0.25) is 0 Å². The van der Waals surface area contributed by atoms with Crippen molar-refractivity contribution in [2.75, 3.05) is 28.4 Å². The maximum atomic E-state index is 7.50. The van der Waals surface area contributed by atoms with Crippen LogP contribution in [0.1, 0.15) is 48.6 Å². The topological polar surface area (TPSA) is 276 Å². The Kier molecular flexibility index (Phi) is 162. The molecule has 0 bridgehead atoms. The van der Waals surface area contributed by atoms with Gasteiger partial charge in [-0.15, -0.1) is 0 Å². The van der Waals surface area contributed by atoms with E-state index in [0.29, 0.717) is 23.0 Å². The van der Waals surface area contributed by atoms with Crippen molar-refractivity contribution in [2.45, 2.75) is 37.5 Å². The number of hydrogen-bond acceptors (Lipinski definition) is 4. The summed E-state index contributed by atoms with van der Waals surface area (Å²) in [6.07, 6.45) is 17.6. The van der Waals surface area contributed by atoms with Crippen LogP contribution in [0.3, 0.4) is 0 Å². The minimum absolute atomic E-state index is 0. The monoisotopic (exact) mass is 976 g/mol.